The third-order valence-electron chi connectivity index (χ3n) is 3.77. The van der Waals surface area contributed by atoms with Crippen molar-refractivity contribution >= 4 is 17.5 Å². The summed E-state index contributed by atoms with van der Waals surface area (Å²) in [5, 5.41) is 2.60. The van der Waals surface area contributed by atoms with Gasteiger partial charge >= 0.3 is 0 Å². The Labute approximate surface area is 123 Å². The number of methoxy groups -OCH3 is 1. The van der Waals surface area contributed by atoms with E-state index in [0.29, 0.717) is 17.9 Å². The van der Waals surface area contributed by atoms with Crippen LogP contribution in [0.3, 0.4) is 0 Å². The molecule has 1 aromatic carbocycles. The third-order valence-corrected chi connectivity index (χ3v) is 3.77. The highest BCUT2D eigenvalue weighted by atomic mass is 19.1. The molecule has 2 atom stereocenters. The Kier molecular flexibility index (Phi) is 4.57. The Morgan fingerprint density at radius 3 is 2.95 bits per heavy atom. The lowest BCUT2D eigenvalue weighted by Gasteiger charge is -2.31. The van der Waals surface area contributed by atoms with Crippen molar-refractivity contribution < 1.29 is 18.7 Å². The number of likely N-dealkylation sites (N-methyl/N-ethyl adjacent to an activating group) is 1. The van der Waals surface area contributed by atoms with Crippen molar-refractivity contribution in [3.63, 3.8) is 0 Å². The van der Waals surface area contributed by atoms with Crippen LogP contribution in [0.2, 0.25) is 0 Å². The molecule has 114 valence electrons. The number of benzene rings is 1. The van der Waals surface area contributed by atoms with Crippen LogP contribution < -0.4 is 5.32 Å². The number of rotatable bonds is 4. The van der Waals surface area contributed by atoms with Crippen molar-refractivity contribution in [3.05, 3.63) is 29.6 Å². The predicted molar refractivity (Wildman–Crippen MR) is 76.5 cm³/mol. The molecule has 0 aliphatic carbocycles. The number of carbonyl (C=O) groups excluding carboxylic acids is 2. The van der Waals surface area contributed by atoms with Gasteiger partial charge in [0.1, 0.15) is 5.82 Å². The first-order valence-electron chi connectivity index (χ1n) is 6.79. The SMILES string of the molecule is COCC(C)N(C)C(=O)C1CC(=O)Nc2cc(F)ccc21. The molecule has 1 heterocycles. The fourth-order valence-electron chi connectivity index (χ4n) is 2.47. The Bertz CT molecular complexity index is 562. The third kappa shape index (κ3) is 3.21. The van der Waals surface area contributed by atoms with Crippen LogP contribution in [0.25, 0.3) is 0 Å². The van der Waals surface area contributed by atoms with E-state index >= 15 is 0 Å². The molecular formula is C15H19FN2O3. The maximum Gasteiger partial charge on any atom is 0.230 e. The number of ether oxygens (including phenoxy) is 1. The van der Waals surface area contributed by atoms with Crippen molar-refractivity contribution in [3.8, 4) is 0 Å². The van der Waals surface area contributed by atoms with Gasteiger partial charge in [0.2, 0.25) is 11.8 Å². The summed E-state index contributed by atoms with van der Waals surface area (Å²) in [5.41, 5.74) is 1.02. The lowest BCUT2D eigenvalue weighted by Crippen LogP contribution is -2.42. The van der Waals surface area contributed by atoms with Crippen molar-refractivity contribution in [1.82, 2.24) is 4.90 Å². The summed E-state index contributed by atoms with van der Waals surface area (Å²) in [5.74, 6) is -1.47. The molecule has 0 saturated carbocycles. The van der Waals surface area contributed by atoms with Gasteiger partial charge in [-0.2, -0.15) is 0 Å². The zero-order chi connectivity index (χ0) is 15.6. The van der Waals surface area contributed by atoms with Gasteiger partial charge in [-0.05, 0) is 24.6 Å². The van der Waals surface area contributed by atoms with Crippen LogP contribution in [0.15, 0.2) is 18.2 Å². The van der Waals surface area contributed by atoms with Crippen LogP contribution in [0.5, 0.6) is 0 Å². The average molecular weight is 294 g/mol. The molecule has 0 radical (unpaired) electrons. The maximum atomic E-state index is 13.3. The molecule has 0 saturated heterocycles. The van der Waals surface area contributed by atoms with Gasteiger partial charge in [0, 0.05) is 26.3 Å². The zero-order valence-electron chi connectivity index (χ0n) is 12.4. The minimum atomic E-state index is -0.585. The van der Waals surface area contributed by atoms with E-state index in [4.69, 9.17) is 4.74 Å². The van der Waals surface area contributed by atoms with E-state index in [2.05, 4.69) is 5.32 Å². The second-order valence-electron chi connectivity index (χ2n) is 5.29. The number of fused-ring (bicyclic) bond motifs is 1. The fourth-order valence-corrected chi connectivity index (χ4v) is 2.47. The van der Waals surface area contributed by atoms with E-state index in [-0.39, 0.29) is 24.3 Å². The number of amides is 2. The fraction of sp³-hybridized carbons (Fsp3) is 0.467. The molecule has 2 unspecified atom stereocenters. The molecule has 0 spiro atoms. The van der Waals surface area contributed by atoms with Crippen molar-refractivity contribution in [1.29, 1.82) is 0 Å². The molecule has 0 aromatic heterocycles. The Hall–Kier alpha value is -1.95. The second kappa shape index (κ2) is 6.22. The predicted octanol–water partition coefficient (Wildman–Crippen LogP) is 1.74. The molecule has 0 fully saturated rings. The van der Waals surface area contributed by atoms with Crippen LogP contribution in [-0.2, 0) is 14.3 Å². The maximum absolute atomic E-state index is 13.3. The topological polar surface area (TPSA) is 58.6 Å². The number of halogens is 1. The summed E-state index contributed by atoms with van der Waals surface area (Å²) in [6.07, 6.45) is 0.0709. The van der Waals surface area contributed by atoms with E-state index < -0.39 is 11.7 Å². The minimum Gasteiger partial charge on any atom is -0.383 e. The highest BCUT2D eigenvalue weighted by molar-refractivity contribution is 6.01. The normalized spacial score (nSPS) is 18.7. The summed E-state index contributed by atoms with van der Waals surface area (Å²) in [6.45, 7) is 2.29. The number of hydrogen-bond donors (Lipinski definition) is 1. The number of carbonyl (C=O) groups is 2. The van der Waals surface area contributed by atoms with Gasteiger partial charge in [-0.3, -0.25) is 9.59 Å². The van der Waals surface area contributed by atoms with Crippen LogP contribution >= 0.6 is 0 Å². The first kappa shape index (κ1) is 15.4. The summed E-state index contributed by atoms with van der Waals surface area (Å²) in [6, 6.07) is 4.00. The van der Waals surface area contributed by atoms with Crippen LogP contribution in [0, 0.1) is 5.82 Å². The Balaban J connectivity index is 2.28. The van der Waals surface area contributed by atoms with E-state index in [1.54, 1.807) is 25.1 Å². The molecular weight excluding hydrogens is 275 g/mol. The average Bonchev–Trinajstić information content (AvgIpc) is 2.44. The van der Waals surface area contributed by atoms with Crippen LogP contribution in [-0.4, -0.2) is 43.5 Å². The molecule has 2 amide bonds. The van der Waals surface area contributed by atoms with Crippen LogP contribution in [0.4, 0.5) is 10.1 Å². The molecule has 1 N–H and O–H groups in total. The second-order valence-corrected chi connectivity index (χ2v) is 5.29. The molecule has 0 bridgehead atoms. The van der Waals surface area contributed by atoms with E-state index in [1.165, 1.54) is 12.1 Å². The minimum absolute atomic E-state index is 0.0709. The molecule has 6 heteroatoms. The van der Waals surface area contributed by atoms with Gasteiger partial charge in [-0.25, -0.2) is 4.39 Å². The number of nitrogens with one attached hydrogen (secondary N) is 1. The van der Waals surface area contributed by atoms with Gasteiger partial charge < -0.3 is 15.0 Å². The number of nitrogens with zero attached hydrogens (tertiary/aromatic N) is 1. The highest BCUT2D eigenvalue weighted by Crippen LogP contribution is 2.34. The van der Waals surface area contributed by atoms with Gasteiger partial charge in [0.05, 0.1) is 18.6 Å². The van der Waals surface area contributed by atoms with E-state index in [1.807, 2.05) is 6.92 Å². The van der Waals surface area contributed by atoms with Gasteiger partial charge in [0.25, 0.3) is 0 Å². The molecule has 1 aliphatic rings. The standard InChI is InChI=1S/C15H19FN2O3/c1-9(8-21-3)18(2)15(20)12-7-14(19)17-13-6-10(16)4-5-11(12)13/h4-6,9,12H,7-8H2,1-3H3,(H,17,19). The number of anilines is 1. The van der Waals surface area contributed by atoms with E-state index in [0.717, 1.165) is 0 Å². The lowest BCUT2D eigenvalue weighted by molar-refractivity contribution is -0.136. The quantitative estimate of drug-likeness (QED) is 0.920. The molecule has 21 heavy (non-hydrogen) atoms. The zero-order valence-corrected chi connectivity index (χ0v) is 12.4. The van der Waals surface area contributed by atoms with Gasteiger partial charge in [-0.1, -0.05) is 6.07 Å². The Morgan fingerprint density at radius 2 is 2.29 bits per heavy atom. The molecule has 1 aromatic rings. The monoisotopic (exact) mass is 294 g/mol. The first-order valence-corrected chi connectivity index (χ1v) is 6.79. The summed E-state index contributed by atoms with van der Waals surface area (Å²) < 4.78 is 18.3. The molecule has 5 nitrogen and oxygen atoms in total. The Morgan fingerprint density at radius 1 is 1.57 bits per heavy atom. The van der Waals surface area contributed by atoms with Gasteiger partial charge in [0.15, 0.2) is 0 Å². The smallest absolute Gasteiger partial charge is 0.230 e. The van der Waals surface area contributed by atoms with Crippen molar-refractivity contribution in [2.75, 3.05) is 26.1 Å². The van der Waals surface area contributed by atoms with Crippen LogP contribution in [0.1, 0.15) is 24.8 Å². The summed E-state index contributed by atoms with van der Waals surface area (Å²) >= 11 is 0. The van der Waals surface area contributed by atoms with E-state index in [9.17, 15) is 14.0 Å². The first-order chi connectivity index (χ1) is 9.93. The lowest BCUT2D eigenvalue weighted by atomic mass is 9.89. The van der Waals surface area contributed by atoms with Crippen molar-refractivity contribution in [2.45, 2.75) is 25.3 Å². The molecule has 2 rings (SSSR count). The summed E-state index contributed by atoms with van der Waals surface area (Å²) in [7, 11) is 3.25. The van der Waals surface area contributed by atoms with Crippen molar-refractivity contribution in [2.24, 2.45) is 0 Å². The van der Waals surface area contributed by atoms with Gasteiger partial charge in [-0.15, -0.1) is 0 Å². The highest BCUT2D eigenvalue weighted by Gasteiger charge is 2.33. The summed E-state index contributed by atoms with van der Waals surface area (Å²) in [4.78, 5) is 25.9. The molecule has 1 aliphatic heterocycles. The largest absolute Gasteiger partial charge is 0.383 e. The number of hydrogen-bond acceptors (Lipinski definition) is 3.